The smallest absolute Gasteiger partial charge is 0.222 e. The fourth-order valence-electron chi connectivity index (χ4n) is 1.13. The van der Waals surface area contributed by atoms with Crippen LogP contribution in [-0.2, 0) is 0 Å². The lowest BCUT2D eigenvalue weighted by Gasteiger charge is -2.05. The molecule has 1 heterocycles. The van der Waals surface area contributed by atoms with Crippen molar-refractivity contribution < 1.29 is 9.50 Å². The van der Waals surface area contributed by atoms with Crippen molar-refractivity contribution in [3.63, 3.8) is 0 Å². The molecule has 0 amide bonds. The molecule has 6 heteroatoms. The second-order valence-electron chi connectivity index (χ2n) is 3.14. The molecule has 0 aromatic carbocycles. The molecule has 0 bridgehead atoms. The predicted octanol–water partition coefficient (Wildman–Crippen LogP) is 0.772. The molecule has 84 valence electrons. The van der Waals surface area contributed by atoms with Gasteiger partial charge in [0.2, 0.25) is 5.95 Å². The van der Waals surface area contributed by atoms with Crippen LogP contribution in [0.15, 0.2) is 6.20 Å². The molecular weight excluding hydrogens is 199 g/mol. The van der Waals surface area contributed by atoms with E-state index in [-0.39, 0.29) is 18.4 Å². The first-order chi connectivity index (χ1) is 7.24. The number of aliphatic hydroxyl groups excluding tert-OH is 1. The lowest BCUT2D eigenvalue weighted by atomic mass is 10.2. The molecule has 1 aromatic rings. The number of halogens is 1. The summed E-state index contributed by atoms with van der Waals surface area (Å²) in [7, 11) is 0. The highest BCUT2D eigenvalue weighted by Gasteiger charge is 2.03. The van der Waals surface area contributed by atoms with Crippen molar-refractivity contribution in [1.82, 2.24) is 9.97 Å². The first-order valence-corrected chi connectivity index (χ1v) is 4.87. The summed E-state index contributed by atoms with van der Waals surface area (Å²) in [5.41, 5.74) is 5.32. The van der Waals surface area contributed by atoms with E-state index in [1.54, 1.807) is 0 Å². The van der Waals surface area contributed by atoms with Crippen LogP contribution in [0.2, 0.25) is 0 Å². The Morgan fingerprint density at radius 3 is 2.93 bits per heavy atom. The molecular formula is C9H15FN4O. The van der Waals surface area contributed by atoms with Crippen LogP contribution in [0.25, 0.3) is 0 Å². The number of nitrogens with two attached hydrogens (primary N) is 1. The zero-order valence-electron chi connectivity index (χ0n) is 8.41. The lowest BCUT2D eigenvalue weighted by Crippen LogP contribution is -2.08. The third-order valence-electron chi connectivity index (χ3n) is 1.89. The molecule has 0 aliphatic heterocycles. The fraction of sp³-hybridized carbons (Fsp3) is 0.556. The van der Waals surface area contributed by atoms with Crippen LogP contribution in [0.3, 0.4) is 0 Å². The number of nitrogens with one attached hydrogen (secondary N) is 1. The van der Waals surface area contributed by atoms with Gasteiger partial charge in [0, 0.05) is 13.2 Å². The van der Waals surface area contributed by atoms with Crippen LogP contribution in [0.5, 0.6) is 0 Å². The molecule has 1 aromatic heterocycles. The molecule has 0 atom stereocenters. The van der Waals surface area contributed by atoms with Gasteiger partial charge in [0.05, 0.1) is 6.20 Å². The summed E-state index contributed by atoms with van der Waals surface area (Å²) >= 11 is 0. The van der Waals surface area contributed by atoms with Crippen molar-refractivity contribution in [2.45, 2.75) is 19.3 Å². The fourth-order valence-corrected chi connectivity index (χ4v) is 1.13. The van der Waals surface area contributed by atoms with Crippen molar-refractivity contribution in [3.8, 4) is 0 Å². The zero-order valence-corrected chi connectivity index (χ0v) is 8.41. The van der Waals surface area contributed by atoms with Crippen molar-refractivity contribution in [2.75, 3.05) is 24.2 Å². The number of rotatable bonds is 6. The van der Waals surface area contributed by atoms with Gasteiger partial charge in [-0.15, -0.1) is 0 Å². The minimum absolute atomic E-state index is 0.0502. The van der Waals surface area contributed by atoms with Gasteiger partial charge in [-0.25, -0.2) is 9.37 Å². The second-order valence-corrected chi connectivity index (χ2v) is 3.14. The first-order valence-electron chi connectivity index (χ1n) is 4.87. The molecule has 0 spiro atoms. The van der Waals surface area contributed by atoms with Gasteiger partial charge >= 0.3 is 0 Å². The second kappa shape index (κ2) is 6.13. The Morgan fingerprint density at radius 2 is 2.20 bits per heavy atom. The molecule has 0 fully saturated rings. The number of nitrogen functional groups attached to an aromatic ring is 1. The predicted molar refractivity (Wildman–Crippen MR) is 55.8 cm³/mol. The number of unbranched alkanes of at least 4 members (excludes halogenated alkanes) is 2. The zero-order chi connectivity index (χ0) is 11.1. The number of hydrogen-bond donors (Lipinski definition) is 3. The summed E-state index contributed by atoms with van der Waals surface area (Å²) < 4.78 is 13.1. The van der Waals surface area contributed by atoms with E-state index >= 15 is 0 Å². The number of hydrogen-bond acceptors (Lipinski definition) is 5. The Balaban J connectivity index is 2.33. The molecule has 15 heavy (non-hydrogen) atoms. The maximum absolute atomic E-state index is 13.1. The van der Waals surface area contributed by atoms with Gasteiger partial charge < -0.3 is 16.2 Å². The van der Waals surface area contributed by atoms with Gasteiger partial charge in [-0.2, -0.15) is 4.98 Å². The van der Waals surface area contributed by atoms with Crippen molar-refractivity contribution >= 4 is 11.8 Å². The monoisotopic (exact) mass is 214 g/mol. The average molecular weight is 214 g/mol. The van der Waals surface area contributed by atoms with E-state index in [4.69, 9.17) is 10.8 Å². The quantitative estimate of drug-likeness (QED) is 0.609. The van der Waals surface area contributed by atoms with E-state index in [1.165, 1.54) is 0 Å². The maximum atomic E-state index is 13.1. The topological polar surface area (TPSA) is 84.1 Å². The van der Waals surface area contributed by atoms with Gasteiger partial charge in [0.1, 0.15) is 0 Å². The minimum Gasteiger partial charge on any atom is -0.396 e. The van der Waals surface area contributed by atoms with Crippen LogP contribution < -0.4 is 11.1 Å². The molecule has 0 unspecified atom stereocenters. The third kappa shape index (κ3) is 4.07. The molecule has 0 saturated carbocycles. The summed E-state index contributed by atoms with van der Waals surface area (Å²) in [6.45, 7) is 0.794. The Morgan fingerprint density at radius 1 is 1.40 bits per heavy atom. The van der Waals surface area contributed by atoms with Gasteiger partial charge in [0.25, 0.3) is 0 Å². The van der Waals surface area contributed by atoms with E-state index in [0.717, 1.165) is 25.5 Å². The van der Waals surface area contributed by atoms with E-state index < -0.39 is 5.82 Å². The van der Waals surface area contributed by atoms with Gasteiger partial charge in [0.15, 0.2) is 11.6 Å². The van der Waals surface area contributed by atoms with E-state index in [2.05, 4.69) is 15.3 Å². The molecule has 4 N–H and O–H groups in total. The molecule has 0 aliphatic rings. The molecule has 1 rings (SSSR count). The summed E-state index contributed by atoms with van der Waals surface area (Å²) in [6, 6.07) is 0. The van der Waals surface area contributed by atoms with Crippen molar-refractivity contribution in [2.24, 2.45) is 0 Å². The highest BCUT2D eigenvalue weighted by molar-refractivity contribution is 5.38. The Bertz CT molecular complexity index is 308. The average Bonchev–Trinajstić information content (AvgIpc) is 2.23. The molecule has 5 nitrogen and oxygen atoms in total. The highest BCUT2D eigenvalue weighted by atomic mass is 19.1. The third-order valence-corrected chi connectivity index (χ3v) is 1.89. The number of anilines is 2. The van der Waals surface area contributed by atoms with Crippen LogP contribution >= 0.6 is 0 Å². The SMILES string of the molecule is Nc1ncc(F)c(NCCCCCO)n1. The summed E-state index contributed by atoms with van der Waals surface area (Å²) in [6.07, 6.45) is 3.55. The van der Waals surface area contributed by atoms with E-state index in [1.807, 2.05) is 0 Å². The van der Waals surface area contributed by atoms with Gasteiger partial charge in [-0.1, -0.05) is 0 Å². The van der Waals surface area contributed by atoms with Crippen molar-refractivity contribution in [3.05, 3.63) is 12.0 Å². The van der Waals surface area contributed by atoms with Crippen molar-refractivity contribution in [1.29, 1.82) is 0 Å². The number of aromatic nitrogens is 2. The summed E-state index contributed by atoms with van der Waals surface area (Å²) in [4.78, 5) is 7.24. The van der Waals surface area contributed by atoms with Crippen LogP contribution in [0.1, 0.15) is 19.3 Å². The summed E-state index contributed by atoms with van der Waals surface area (Å²) in [5.74, 6) is -0.327. The van der Waals surface area contributed by atoms with Gasteiger partial charge in [-0.3, -0.25) is 0 Å². The Hall–Kier alpha value is -1.43. The largest absolute Gasteiger partial charge is 0.396 e. The van der Waals surface area contributed by atoms with E-state index in [0.29, 0.717) is 6.54 Å². The lowest BCUT2D eigenvalue weighted by molar-refractivity contribution is 0.283. The molecule has 0 saturated heterocycles. The first kappa shape index (κ1) is 11.6. The molecule has 0 radical (unpaired) electrons. The Labute approximate surface area is 87.5 Å². The normalized spacial score (nSPS) is 10.3. The van der Waals surface area contributed by atoms with Gasteiger partial charge in [-0.05, 0) is 19.3 Å². The highest BCUT2D eigenvalue weighted by Crippen LogP contribution is 2.10. The number of aliphatic hydroxyl groups is 1. The standard InChI is InChI=1S/C9H15FN4O/c10-7-6-13-9(11)14-8(7)12-4-2-1-3-5-15/h6,15H,1-5H2,(H3,11,12,13,14). The summed E-state index contributed by atoms with van der Waals surface area (Å²) in [5, 5.41) is 11.4. The minimum atomic E-state index is -0.508. The van der Waals surface area contributed by atoms with E-state index in [9.17, 15) is 4.39 Å². The van der Waals surface area contributed by atoms with Crippen LogP contribution in [-0.4, -0.2) is 28.2 Å². The van der Waals surface area contributed by atoms with Crippen LogP contribution in [0, 0.1) is 5.82 Å². The van der Waals surface area contributed by atoms with Crippen LogP contribution in [0.4, 0.5) is 16.2 Å². The molecule has 0 aliphatic carbocycles. The maximum Gasteiger partial charge on any atom is 0.222 e. The number of nitrogens with zero attached hydrogens (tertiary/aromatic N) is 2. The Kier molecular flexibility index (Phi) is 4.76.